The first-order valence-corrected chi connectivity index (χ1v) is 5.41. The standard InChI is InChI=1S/C10H8BrF4NO/c1-2-16-9(17)8-6(11)3-5(4-7(8)12)10(13,14)15/h3-4H,2H2,1H3,(H,16,17). The summed E-state index contributed by atoms with van der Waals surface area (Å²) in [5.41, 5.74) is -1.57. The van der Waals surface area contributed by atoms with Crippen molar-refractivity contribution in [1.82, 2.24) is 5.32 Å². The van der Waals surface area contributed by atoms with Gasteiger partial charge in [0.15, 0.2) is 0 Å². The zero-order valence-electron chi connectivity index (χ0n) is 8.66. The maximum Gasteiger partial charge on any atom is 0.416 e. The van der Waals surface area contributed by atoms with Crippen LogP contribution < -0.4 is 5.32 Å². The van der Waals surface area contributed by atoms with E-state index in [-0.39, 0.29) is 11.0 Å². The lowest BCUT2D eigenvalue weighted by Crippen LogP contribution is -2.24. The van der Waals surface area contributed by atoms with Gasteiger partial charge in [-0.15, -0.1) is 0 Å². The highest BCUT2D eigenvalue weighted by Crippen LogP contribution is 2.33. The lowest BCUT2D eigenvalue weighted by atomic mass is 10.1. The Morgan fingerprint density at radius 2 is 2.00 bits per heavy atom. The minimum Gasteiger partial charge on any atom is -0.352 e. The highest BCUT2D eigenvalue weighted by atomic mass is 79.9. The number of alkyl halides is 3. The summed E-state index contributed by atoms with van der Waals surface area (Å²) in [6.07, 6.45) is -4.65. The van der Waals surface area contributed by atoms with Crippen molar-refractivity contribution in [3.8, 4) is 0 Å². The van der Waals surface area contributed by atoms with Crippen molar-refractivity contribution < 1.29 is 22.4 Å². The van der Waals surface area contributed by atoms with E-state index in [4.69, 9.17) is 0 Å². The molecule has 0 atom stereocenters. The largest absolute Gasteiger partial charge is 0.416 e. The molecule has 0 saturated heterocycles. The smallest absolute Gasteiger partial charge is 0.352 e. The Morgan fingerprint density at radius 1 is 1.41 bits per heavy atom. The van der Waals surface area contributed by atoms with Gasteiger partial charge >= 0.3 is 6.18 Å². The van der Waals surface area contributed by atoms with Gasteiger partial charge in [0.25, 0.3) is 5.91 Å². The van der Waals surface area contributed by atoms with Crippen LogP contribution in [0, 0.1) is 5.82 Å². The van der Waals surface area contributed by atoms with Crippen molar-refractivity contribution in [2.24, 2.45) is 0 Å². The van der Waals surface area contributed by atoms with Crippen molar-refractivity contribution in [1.29, 1.82) is 0 Å². The summed E-state index contributed by atoms with van der Waals surface area (Å²) in [6.45, 7) is 1.87. The van der Waals surface area contributed by atoms with E-state index in [0.29, 0.717) is 12.1 Å². The number of nitrogens with one attached hydrogen (secondary N) is 1. The third kappa shape index (κ3) is 3.18. The van der Waals surface area contributed by atoms with Crippen LogP contribution in [0.4, 0.5) is 17.6 Å². The lowest BCUT2D eigenvalue weighted by Gasteiger charge is -2.11. The van der Waals surface area contributed by atoms with Gasteiger partial charge in [0.2, 0.25) is 0 Å². The van der Waals surface area contributed by atoms with E-state index >= 15 is 0 Å². The predicted molar refractivity (Wildman–Crippen MR) is 57.1 cm³/mol. The Bertz CT molecular complexity index is 421. The molecular weight excluding hydrogens is 306 g/mol. The molecule has 1 rings (SSSR count). The topological polar surface area (TPSA) is 29.1 Å². The molecule has 0 aliphatic heterocycles. The van der Waals surface area contributed by atoms with E-state index in [2.05, 4.69) is 21.2 Å². The molecule has 0 fully saturated rings. The molecule has 0 bridgehead atoms. The molecule has 2 nitrogen and oxygen atoms in total. The zero-order chi connectivity index (χ0) is 13.2. The number of hydrogen-bond acceptors (Lipinski definition) is 1. The summed E-state index contributed by atoms with van der Waals surface area (Å²) in [5.74, 6) is -1.97. The molecule has 0 aliphatic carbocycles. The first kappa shape index (κ1) is 14.0. The van der Waals surface area contributed by atoms with Gasteiger partial charge in [0.05, 0.1) is 11.1 Å². The van der Waals surface area contributed by atoms with Gasteiger partial charge in [-0.25, -0.2) is 4.39 Å². The minimum atomic E-state index is -4.65. The third-order valence-corrected chi connectivity index (χ3v) is 2.56. The summed E-state index contributed by atoms with van der Waals surface area (Å²) in [7, 11) is 0. The maximum absolute atomic E-state index is 13.4. The zero-order valence-corrected chi connectivity index (χ0v) is 10.2. The molecule has 7 heteroatoms. The summed E-state index contributed by atoms with van der Waals surface area (Å²) in [6, 6.07) is 0.975. The molecule has 0 aromatic heterocycles. The van der Waals surface area contributed by atoms with Crippen LogP contribution in [0.25, 0.3) is 0 Å². The van der Waals surface area contributed by atoms with Crippen LogP contribution >= 0.6 is 15.9 Å². The van der Waals surface area contributed by atoms with Crippen molar-refractivity contribution in [3.05, 3.63) is 33.5 Å². The highest BCUT2D eigenvalue weighted by molar-refractivity contribution is 9.10. The molecule has 17 heavy (non-hydrogen) atoms. The van der Waals surface area contributed by atoms with Crippen LogP contribution in [0.5, 0.6) is 0 Å². The Kier molecular flexibility index (Phi) is 4.13. The van der Waals surface area contributed by atoms with Crippen molar-refractivity contribution >= 4 is 21.8 Å². The summed E-state index contributed by atoms with van der Waals surface area (Å²) in [5, 5.41) is 2.31. The Balaban J connectivity index is 3.25. The van der Waals surface area contributed by atoms with Crippen LogP contribution in [0.3, 0.4) is 0 Å². The molecule has 0 heterocycles. The van der Waals surface area contributed by atoms with Crippen molar-refractivity contribution in [2.45, 2.75) is 13.1 Å². The van der Waals surface area contributed by atoms with Crippen molar-refractivity contribution in [3.63, 3.8) is 0 Å². The molecule has 1 aromatic carbocycles. The SMILES string of the molecule is CCNC(=O)c1c(F)cc(C(F)(F)F)cc1Br. The highest BCUT2D eigenvalue weighted by Gasteiger charge is 2.33. The second-order valence-corrected chi connectivity index (χ2v) is 4.03. The normalized spacial score (nSPS) is 11.4. The molecule has 94 valence electrons. The van der Waals surface area contributed by atoms with E-state index < -0.39 is 29.0 Å². The van der Waals surface area contributed by atoms with Crippen LogP contribution in [-0.2, 0) is 6.18 Å². The average molecular weight is 314 g/mol. The second kappa shape index (κ2) is 5.03. The number of carbonyl (C=O) groups is 1. The van der Waals surface area contributed by atoms with Gasteiger partial charge in [0, 0.05) is 11.0 Å². The molecule has 1 amide bonds. The van der Waals surface area contributed by atoms with Crippen LogP contribution in [0.2, 0.25) is 0 Å². The number of hydrogen-bond donors (Lipinski definition) is 1. The lowest BCUT2D eigenvalue weighted by molar-refractivity contribution is -0.137. The number of carbonyl (C=O) groups excluding carboxylic acids is 1. The average Bonchev–Trinajstić information content (AvgIpc) is 2.15. The van der Waals surface area contributed by atoms with E-state index in [1.165, 1.54) is 0 Å². The Labute approximate surface area is 103 Å². The van der Waals surface area contributed by atoms with E-state index in [1.807, 2.05) is 0 Å². The molecule has 0 unspecified atom stereocenters. The molecule has 0 aliphatic rings. The van der Waals surface area contributed by atoms with Crippen LogP contribution in [0.15, 0.2) is 16.6 Å². The van der Waals surface area contributed by atoms with Gasteiger partial charge < -0.3 is 5.32 Å². The molecule has 0 radical (unpaired) electrons. The minimum absolute atomic E-state index is 0.226. The first-order chi connectivity index (χ1) is 7.77. The third-order valence-electron chi connectivity index (χ3n) is 1.93. The first-order valence-electron chi connectivity index (χ1n) is 4.61. The fraction of sp³-hybridized carbons (Fsp3) is 0.300. The predicted octanol–water partition coefficient (Wildman–Crippen LogP) is 3.36. The summed E-state index contributed by atoms with van der Waals surface area (Å²) in [4.78, 5) is 11.4. The Morgan fingerprint density at radius 3 is 2.41 bits per heavy atom. The molecule has 0 saturated carbocycles. The number of benzene rings is 1. The van der Waals surface area contributed by atoms with Gasteiger partial charge in [-0.1, -0.05) is 0 Å². The van der Waals surface area contributed by atoms with Gasteiger partial charge in [-0.3, -0.25) is 4.79 Å². The van der Waals surface area contributed by atoms with Crippen LogP contribution in [0.1, 0.15) is 22.8 Å². The maximum atomic E-state index is 13.4. The number of halogens is 5. The molecular formula is C10H8BrF4NO. The summed E-state index contributed by atoms with van der Waals surface area (Å²) >= 11 is 2.76. The van der Waals surface area contributed by atoms with Crippen molar-refractivity contribution in [2.75, 3.05) is 6.54 Å². The molecule has 0 spiro atoms. The summed E-state index contributed by atoms with van der Waals surface area (Å²) < 4.78 is 50.2. The Hall–Kier alpha value is -1.11. The van der Waals surface area contributed by atoms with Gasteiger partial charge in [-0.05, 0) is 35.0 Å². The fourth-order valence-electron chi connectivity index (χ4n) is 1.20. The van der Waals surface area contributed by atoms with Crippen LogP contribution in [-0.4, -0.2) is 12.5 Å². The molecule has 1 aromatic rings. The molecule has 1 N–H and O–H groups in total. The monoisotopic (exact) mass is 313 g/mol. The van der Waals surface area contributed by atoms with E-state index in [1.54, 1.807) is 6.92 Å². The van der Waals surface area contributed by atoms with E-state index in [9.17, 15) is 22.4 Å². The van der Waals surface area contributed by atoms with Gasteiger partial charge in [-0.2, -0.15) is 13.2 Å². The quantitative estimate of drug-likeness (QED) is 0.833. The number of amides is 1. The second-order valence-electron chi connectivity index (χ2n) is 3.17. The number of rotatable bonds is 2. The van der Waals surface area contributed by atoms with E-state index in [0.717, 1.165) is 0 Å². The fourth-order valence-corrected chi connectivity index (χ4v) is 1.82. The van der Waals surface area contributed by atoms with Gasteiger partial charge in [0.1, 0.15) is 5.82 Å².